The van der Waals surface area contributed by atoms with Crippen LogP contribution in [0, 0.1) is 23.4 Å². The molecule has 1 fully saturated rings. The van der Waals surface area contributed by atoms with Gasteiger partial charge in [0.15, 0.2) is 11.6 Å². The highest BCUT2D eigenvalue weighted by molar-refractivity contribution is 7.85. The van der Waals surface area contributed by atoms with Crippen molar-refractivity contribution in [2.45, 2.75) is 18.2 Å². The molecule has 3 aromatic rings. The molecule has 2 unspecified atom stereocenters. The molecule has 0 aliphatic carbocycles. The van der Waals surface area contributed by atoms with E-state index in [4.69, 9.17) is 14.0 Å². The number of benzene rings is 1. The van der Waals surface area contributed by atoms with Crippen molar-refractivity contribution < 1.29 is 35.6 Å². The number of halogens is 3. The molecule has 2 aromatic heterocycles. The summed E-state index contributed by atoms with van der Waals surface area (Å²) in [6, 6.07) is 5.24. The molecule has 1 aromatic carbocycles. The largest absolute Gasteiger partial charge is 0.435 e. The summed E-state index contributed by atoms with van der Waals surface area (Å²) in [4.78, 5) is 12.8. The summed E-state index contributed by atoms with van der Waals surface area (Å²) >= 11 is 0. The standard InChI is InChI=1S/C23H24F3N5O5S/c1-35-11-13-7-14(10-27-9-13)30-23-29-6-4-18(31-23)15-3-2-5-28-22(15)36-19-8-17(24)16(12-37(32,33)34)20(25)21(19)26/h2-6,8,13-14,27H,7,9-12H2,1H3,(H,29,30,31)(H,32,33,34). The van der Waals surface area contributed by atoms with Crippen LogP contribution in [0.5, 0.6) is 11.6 Å². The van der Waals surface area contributed by atoms with Crippen LogP contribution in [0.2, 0.25) is 0 Å². The average molecular weight is 540 g/mol. The van der Waals surface area contributed by atoms with Crippen LogP contribution in [0.3, 0.4) is 0 Å². The first kappa shape index (κ1) is 26.7. The van der Waals surface area contributed by atoms with Gasteiger partial charge in [0.05, 0.1) is 17.9 Å². The molecule has 37 heavy (non-hydrogen) atoms. The number of nitrogens with zero attached hydrogens (tertiary/aromatic N) is 3. The average Bonchev–Trinajstić information content (AvgIpc) is 2.85. The molecular formula is C23H24F3N5O5S. The maximum Gasteiger partial charge on any atom is 0.269 e. The molecule has 0 bridgehead atoms. The Bertz CT molecular complexity index is 1380. The SMILES string of the molecule is COCC1CNCC(Nc2nccc(-c3cccnc3Oc3cc(F)c(CS(=O)(=O)O)c(F)c3F)n2)C1. The predicted octanol–water partition coefficient (Wildman–Crippen LogP) is 3.17. The van der Waals surface area contributed by atoms with Crippen LogP contribution in [0.4, 0.5) is 19.1 Å². The van der Waals surface area contributed by atoms with Gasteiger partial charge in [-0.15, -0.1) is 0 Å². The van der Waals surface area contributed by atoms with E-state index in [0.29, 0.717) is 36.8 Å². The number of hydrogen-bond acceptors (Lipinski definition) is 9. The Morgan fingerprint density at radius 3 is 2.73 bits per heavy atom. The number of aromatic nitrogens is 3. The van der Waals surface area contributed by atoms with Crippen LogP contribution >= 0.6 is 0 Å². The maximum atomic E-state index is 14.6. The molecule has 0 radical (unpaired) electrons. The number of rotatable bonds is 9. The van der Waals surface area contributed by atoms with Crippen molar-refractivity contribution >= 4 is 16.1 Å². The van der Waals surface area contributed by atoms with Gasteiger partial charge in [-0.05, 0) is 30.5 Å². The zero-order valence-electron chi connectivity index (χ0n) is 19.6. The van der Waals surface area contributed by atoms with Crippen molar-refractivity contribution in [3.63, 3.8) is 0 Å². The van der Waals surface area contributed by atoms with Crippen molar-refractivity contribution in [1.82, 2.24) is 20.3 Å². The zero-order valence-corrected chi connectivity index (χ0v) is 20.4. The second-order valence-corrected chi connectivity index (χ2v) is 9.92. The first-order valence-electron chi connectivity index (χ1n) is 11.2. The molecule has 3 heterocycles. The van der Waals surface area contributed by atoms with Gasteiger partial charge < -0.3 is 20.1 Å². The van der Waals surface area contributed by atoms with Crippen molar-refractivity contribution in [1.29, 1.82) is 0 Å². The predicted molar refractivity (Wildman–Crippen MR) is 127 cm³/mol. The molecule has 0 spiro atoms. The van der Waals surface area contributed by atoms with E-state index in [2.05, 4.69) is 25.6 Å². The molecule has 1 aliphatic rings. The quantitative estimate of drug-likeness (QED) is 0.275. The molecular weight excluding hydrogens is 515 g/mol. The van der Waals surface area contributed by atoms with Gasteiger partial charge in [-0.2, -0.15) is 12.8 Å². The van der Waals surface area contributed by atoms with Gasteiger partial charge in [0, 0.05) is 50.3 Å². The third-order valence-electron chi connectivity index (χ3n) is 5.63. The number of anilines is 1. The first-order chi connectivity index (χ1) is 17.6. The van der Waals surface area contributed by atoms with Crippen LogP contribution in [0.25, 0.3) is 11.3 Å². The van der Waals surface area contributed by atoms with E-state index >= 15 is 0 Å². The monoisotopic (exact) mass is 539 g/mol. The van der Waals surface area contributed by atoms with Gasteiger partial charge in [-0.3, -0.25) is 4.55 Å². The van der Waals surface area contributed by atoms with Crippen LogP contribution < -0.4 is 15.4 Å². The van der Waals surface area contributed by atoms with Gasteiger partial charge in [0.1, 0.15) is 11.6 Å². The molecule has 198 valence electrons. The number of pyridine rings is 1. The smallest absolute Gasteiger partial charge is 0.269 e. The molecule has 2 atom stereocenters. The molecule has 4 rings (SSSR count). The minimum Gasteiger partial charge on any atom is -0.435 e. The number of piperidine rings is 1. The zero-order chi connectivity index (χ0) is 26.6. The summed E-state index contributed by atoms with van der Waals surface area (Å²) in [5, 5.41) is 6.60. The van der Waals surface area contributed by atoms with Gasteiger partial charge in [0.2, 0.25) is 17.6 Å². The number of methoxy groups -OCH3 is 1. The fourth-order valence-electron chi connectivity index (χ4n) is 4.04. The number of hydrogen-bond donors (Lipinski definition) is 3. The Labute approximate surface area is 211 Å². The molecule has 1 aliphatic heterocycles. The molecule has 14 heteroatoms. The Morgan fingerprint density at radius 2 is 1.97 bits per heavy atom. The van der Waals surface area contributed by atoms with Gasteiger partial charge in [-0.1, -0.05) is 0 Å². The minimum absolute atomic E-state index is 0.0510. The highest BCUT2D eigenvalue weighted by Crippen LogP contribution is 2.34. The lowest BCUT2D eigenvalue weighted by atomic mass is 9.96. The second kappa shape index (κ2) is 11.4. The normalized spacial score (nSPS) is 18.0. The van der Waals surface area contributed by atoms with Crippen LogP contribution in [-0.4, -0.2) is 60.8 Å². The fourth-order valence-corrected chi connectivity index (χ4v) is 4.66. The Balaban J connectivity index is 1.59. The van der Waals surface area contributed by atoms with E-state index in [-0.39, 0.29) is 17.5 Å². The Hall–Kier alpha value is -3.33. The van der Waals surface area contributed by atoms with E-state index in [0.717, 1.165) is 13.0 Å². The summed E-state index contributed by atoms with van der Waals surface area (Å²) in [5.41, 5.74) is -0.513. The highest BCUT2D eigenvalue weighted by Gasteiger charge is 2.25. The Kier molecular flexibility index (Phi) is 8.22. The van der Waals surface area contributed by atoms with Gasteiger partial charge in [-0.25, -0.2) is 23.7 Å². The summed E-state index contributed by atoms with van der Waals surface area (Å²) < 4.78 is 85.0. The summed E-state index contributed by atoms with van der Waals surface area (Å²) in [7, 11) is -3.15. The first-order valence-corrected chi connectivity index (χ1v) is 12.8. The second-order valence-electron chi connectivity index (χ2n) is 8.47. The summed E-state index contributed by atoms with van der Waals surface area (Å²) in [5.74, 6) is -6.69. The van der Waals surface area contributed by atoms with Crippen molar-refractivity contribution in [3.05, 3.63) is 59.7 Å². The van der Waals surface area contributed by atoms with E-state index in [1.54, 1.807) is 25.3 Å². The number of nitrogens with one attached hydrogen (secondary N) is 2. The topological polar surface area (TPSA) is 136 Å². The van der Waals surface area contributed by atoms with Crippen molar-refractivity contribution in [2.75, 3.05) is 32.1 Å². The summed E-state index contributed by atoms with van der Waals surface area (Å²) in [6.45, 7) is 2.17. The third kappa shape index (κ3) is 6.71. The van der Waals surface area contributed by atoms with Crippen LogP contribution in [0.15, 0.2) is 36.7 Å². The Morgan fingerprint density at radius 1 is 1.16 bits per heavy atom. The lowest BCUT2D eigenvalue weighted by molar-refractivity contribution is 0.134. The van der Waals surface area contributed by atoms with E-state index in [1.165, 1.54) is 12.4 Å². The van der Waals surface area contributed by atoms with Crippen molar-refractivity contribution in [2.24, 2.45) is 5.92 Å². The van der Waals surface area contributed by atoms with Gasteiger partial charge in [0.25, 0.3) is 10.1 Å². The van der Waals surface area contributed by atoms with Crippen LogP contribution in [0.1, 0.15) is 12.0 Å². The molecule has 10 nitrogen and oxygen atoms in total. The van der Waals surface area contributed by atoms with E-state index < -0.39 is 44.6 Å². The maximum absolute atomic E-state index is 14.6. The lowest BCUT2D eigenvalue weighted by Crippen LogP contribution is -2.44. The minimum atomic E-state index is -4.80. The van der Waals surface area contributed by atoms with E-state index in [1.807, 2.05) is 0 Å². The number of ether oxygens (including phenoxy) is 2. The third-order valence-corrected chi connectivity index (χ3v) is 6.29. The fraction of sp³-hybridized carbons (Fsp3) is 0.348. The molecule has 0 amide bonds. The van der Waals surface area contributed by atoms with Gasteiger partial charge >= 0.3 is 0 Å². The molecule has 0 saturated carbocycles. The van der Waals surface area contributed by atoms with Crippen molar-refractivity contribution in [3.8, 4) is 22.9 Å². The molecule has 1 saturated heterocycles. The highest BCUT2D eigenvalue weighted by atomic mass is 32.2. The summed E-state index contributed by atoms with van der Waals surface area (Å²) in [6.07, 6.45) is 3.69. The van der Waals surface area contributed by atoms with Crippen LogP contribution in [-0.2, 0) is 20.6 Å². The molecule has 3 N–H and O–H groups in total. The van der Waals surface area contributed by atoms with E-state index in [9.17, 15) is 21.6 Å². The lowest BCUT2D eigenvalue weighted by Gasteiger charge is -2.30.